The number of hydrogen-bond donors (Lipinski definition) is 2. The third-order valence-electron chi connectivity index (χ3n) is 2.09. The summed E-state index contributed by atoms with van der Waals surface area (Å²) in [7, 11) is 0. The Kier molecular flexibility index (Phi) is 3.52. The number of aromatic amines is 1. The number of anilines is 1. The largest absolute Gasteiger partial charge is 0.435 e. The molecule has 5 nitrogen and oxygen atoms in total. The Morgan fingerprint density at radius 3 is 2.56 bits per heavy atom. The molecule has 0 aliphatic heterocycles. The monoisotopic (exact) mass is 253 g/mol. The third kappa shape index (κ3) is 3.03. The van der Waals surface area contributed by atoms with Crippen molar-refractivity contribution in [2.45, 2.75) is 6.61 Å². The van der Waals surface area contributed by atoms with Gasteiger partial charge in [-0.1, -0.05) is 0 Å². The van der Waals surface area contributed by atoms with E-state index in [9.17, 15) is 13.6 Å². The minimum atomic E-state index is -2.88. The summed E-state index contributed by atoms with van der Waals surface area (Å²) in [6, 6.07) is 6.97. The van der Waals surface area contributed by atoms with Gasteiger partial charge in [0.15, 0.2) is 0 Å². The third-order valence-corrected chi connectivity index (χ3v) is 2.09. The standard InChI is InChI=1S/C11H9F2N3O2/c12-11(13)18-8-3-1-7(2-4-8)10(17)15-9-5-6-14-16-9/h1-6,11H,(H2,14,15,16,17). The smallest absolute Gasteiger partial charge is 0.387 e. The van der Waals surface area contributed by atoms with Crippen molar-refractivity contribution in [1.82, 2.24) is 10.2 Å². The minimum absolute atomic E-state index is 0.00286. The molecule has 0 fully saturated rings. The van der Waals surface area contributed by atoms with Crippen LogP contribution in [-0.4, -0.2) is 22.7 Å². The zero-order valence-corrected chi connectivity index (χ0v) is 9.06. The Labute approximate surface area is 101 Å². The SMILES string of the molecule is O=C(Nc1ccn[nH]1)c1ccc(OC(F)F)cc1. The van der Waals surface area contributed by atoms with Crippen molar-refractivity contribution in [3.05, 3.63) is 42.1 Å². The predicted molar refractivity (Wildman–Crippen MR) is 59.6 cm³/mol. The molecule has 94 valence electrons. The topological polar surface area (TPSA) is 67.0 Å². The molecular formula is C11H9F2N3O2. The van der Waals surface area contributed by atoms with Crippen LogP contribution in [0.4, 0.5) is 14.6 Å². The lowest BCUT2D eigenvalue weighted by Gasteiger charge is -2.05. The first-order chi connectivity index (χ1) is 8.65. The number of H-pyrrole nitrogens is 1. The van der Waals surface area contributed by atoms with Crippen molar-refractivity contribution in [2.75, 3.05) is 5.32 Å². The van der Waals surface area contributed by atoms with E-state index in [-0.39, 0.29) is 11.7 Å². The summed E-state index contributed by atoms with van der Waals surface area (Å²) in [4.78, 5) is 11.7. The summed E-state index contributed by atoms with van der Waals surface area (Å²) in [5, 5.41) is 8.79. The van der Waals surface area contributed by atoms with Gasteiger partial charge in [-0.15, -0.1) is 0 Å². The van der Waals surface area contributed by atoms with Crippen LogP contribution in [0.2, 0.25) is 0 Å². The van der Waals surface area contributed by atoms with E-state index in [1.165, 1.54) is 30.5 Å². The van der Waals surface area contributed by atoms with Gasteiger partial charge in [0, 0.05) is 11.6 Å². The summed E-state index contributed by atoms with van der Waals surface area (Å²) in [5.74, 6) is 0.0823. The highest BCUT2D eigenvalue weighted by Gasteiger charge is 2.08. The molecule has 0 spiro atoms. The Morgan fingerprint density at radius 2 is 2.00 bits per heavy atom. The molecule has 2 aromatic rings. The number of benzene rings is 1. The Hall–Kier alpha value is -2.44. The number of carbonyl (C=O) groups excluding carboxylic acids is 1. The van der Waals surface area contributed by atoms with Gasteiger partial charge in [-0.05, 0) is 24.3 Å². The molecule has 1 aromatic heterocycles. The molecular weight excluding hydrogens is 244 g/mol. The van der Waals surface area contributed by atoms with Crippen LogP contribution in [0.25, 0.3) is 0 Å². The molecule has 0 saturated heterocycles. The van der Waals surface area contributed by atoms with Gasteiger partial charge in [0.05, 0.1) is 6.20 Å². The van der Waals surface area contributed by atoms with E-state index >= 15 is 0 Å². The van der Waals surface area contributed by atoms with Crippen LogP contribution in [0.15, 0.2) is 36.5 Å². The van der Waals surface area contributed by atoms with Crippen LogP contribution in [-0.2, 0) is 0 Å². The van der Waals surface area contributed by atoms with Crippen molar-refractivity contribution in [1.29, 1.82) is 0 Å². The van der Waals surface area contributed by atoms with Crippen LogP contribution in [0.1, 0.15) is 10.4 Å². The summed E-state index contributed by atoms with van der Waals surface area (Å²) >= 11 is 0. The molecule has 1 heterocycles. The van der Waals surface area contributed by atoms with Gasteiger partial charge in [-0.25, -0.2) is 0 Å². The van der Waals surface area contributed by atoms with Crippen LogP contribution < -0.4 is 10.1 Å². The Bertz CT molecular complexity index is 512. The molecule has 2 N–H and O–H groups in total. The fourth-order valence-electron chi connectivity index (χ4n) is 1.31. The fourth-order valence-corrected chi connectivity index (χ4v) is 1.31. The second kappa shape index (κ2) is 5.26. The number of amides is 1. The van der Waals surface area contributed by atoms with Gasteiger partial charge in [0.2, 0.25) is 0 Å². The molecule has 0 aliphatic rings. The number of halogens is 2. The average molecular weight is 253 g/mol. The molecule has 0 aliphatic carbocycles. The molecule has 7 heteroatoms. The summed E-state index contributed by atoms with van der Waals surface area (Å²) in [5.41, 5.74) is 0.325. The highest BCUT2D eigenvalue weighted by Crippen LogP contribution is 2.15. The van der Waals surface area contributed by atoms with E-state index in [1.54, 1.807) is 6.07 Å². The number of ether oxygens (including phenoxy) is 1. The van der Waals surface area contributed by atoms with E-state index in [4.69, 9.17) is 0 Å². The van der Waals surface area contributed by atoms with E-state index < -0.39 is 6.61 Å². The highest BCUT2D eigenvalue weighted by molar-refractivity contribution is 6.03. The van der Waals surface area contributed by atoms with Gasteiger partial charge in [0.25, 0.3) is 5.91 Å². The van der Waals surface area contributed by atoms with E-state index in [0.717, 1.165) is 0 Å². The normalized spacial score (nSPS) is 10.4. The molecule has 0 saturated carbocycles. The zero-order chi connectivity index (χ0) is 13.0. The van der Waals surface area contributed by atoms with Crippen LogP contribution >= 0.6 is 0 Å². The highest BCUT2D eigenvalue weighted by atomic mass is 19.3. The van der Waals surface area contributed by atoms with Crippen molar-refractivity contribution in [2.24, 2.45) is 0 Å². The average Bonchev–Trinajstić information content (AvgIpc) is 2.82. The van der Waals surface area contributed by atoms with Crippen molar-refractivity contribution in [3.8, 4) is 5.75 Å². The maximum absolute atomic E-state index is 11.9. The molecule has 1 aromatic carbocycles. The van der Waals surface area contributed by atoms with Gasteiger partial charge in [-0.3, -0.25) is 9.89 Å². The number of aromatic nitrogens is 2. The van der Waals surface area contributed by atoms with E-state index in [1.807, 2.05) is 0 Å². The Balaban J connectivity index is 2.03. The maximum atomic E-state index is 11.9. The molecule has 2 rings (SSSR count). The zero-order valence-electron chi connectivity index (χ0n) is 9.06. The van der Waals surface area contributed by atoms with Crippen LogP contribution in [0.3, 0.4) is 0 Å². The van der Waals surface area contributed by atoms with Crippen molar-refractivity contribution >= 4 is 11.7 Å². The molecule has 0 atom stereocenters. The lowest BCUT2D eigenvalue weighted by atomic mass is 10.2. The molecule has 0 bridgehead atoms. The van der Waals surface area contributed by atoms with Gasteiger partial charge >= 0.3 is 6.61 Å². The minimum Gasteiger partial charge on any atom is -0.435 e. The fraction of sp³-hybridized carbons (Fsp3) is 0.0909. The molecule has 1 amide bonds. The first kappa shape index (κ1) is 12.0. The Morgan fingerprint density at radius 1 is 1.28 bits per heavy atom. The lowest BCUT2D eigenvalue weighted by molar-refractivity contribution is -0.0498. The van der Waals surface area contributed by atoms with E-state index in [2.05, 4.69) is 20.3 Å². The second-order valence-corrected chi connectivity index (χ2v) is 3.33. The maximum Gasteiger partial charge on any atom is 0.387 e. The number of hydrogen-bond acceptors (Lipinski definition) is 3. The lowest BCUT2D eigenvalue weighted by Crippen LogP contribution is -2.12. The van der Waals surface area contributed by atoms with Crippen molar-refractivity contribution < 1.29 is 18.3 Å². The van der Waals surface area contributed by atoms with Gasteiger partial charge < -0.3 is 10.1 Å². The number of carbonyl (C=O) groups is 1. The second-order valence-electron chi connectivity index (χ2n) is 3.33. The number of alkyl halides is 2. The van der Waals surface area contributed by atoms with Gasteiger partial charge in [0.1, 0.15) is 11.6 Å². The number of nitrogens with zero attached hydrogens (tertiary/aromatic N) is 1. The quantitative estimate of drug-likeness (QED) is 0.878. The molecule has 0 unspecified atom stereocenters. The van der Waals surface area contributed by atoms with E-state index in [0.29, 0.717) is 11.4 Å². The summed E-state index contributed by atoms with van der Waals surface area (Å²) < 4.78 is 28.0. The first-order valence-electron chi connectivity index (χ1n) is 5.01. The summed E-state index contributed by atoms with van der Waals surface area (Å²) in [6.45, 7) is -2.88. The number of nitrogens with one attached hydrogen (secondary N) is 2. The van der Waals surface area contributed by atoms with Crippen LogP contribution in [0.5, 0.6) is 5.75 Å². The molecule has 18 heavy (non-hydrogen) atoms. The van der Waals surface area contributed by atoms with Crippen LogP contribution in [0, 0.1) is 0 Å². The molecule has 0 radical (unpaired) electrons. The predicted octanol–water partition coefficient (Wildman–Crippen LogP) is 2.26. The van der Waals surface area contributed by atoms with Crippen molar-refractivity contribution in [3.63, 3.8) is 0 Å². The summed E-state index contributed by atoms with van der Waals surface area (Å²) in [6.07, 6.45) is 1.50. The number of rotatable bonds is 4. The van der Waals surface area contributed by atoms with Gasteiger partial charge in [-0.2, -0.15) is 13.9 Å². The first-order valence-corrected chi connectivity index (χ1v) is 5.01.